The molecule has 0 bridgehead atoms. The van der Waals surface area contributed by atoms with Crippen molar-refractivity contribution in [1.29, 1.82) is 0 Å². The molecule has 0 radical (unpaired) electrons. The van der Waals surface area contributed by atoms with E-state index in [1.165, 1.54) is 0 Å². The molecule has 11 heteroatoms. The zero-order valence-corrected chi connectivity index (χ0v) is 13.3. The molecule has 1 aliphatic rings. The monoisotopic (exact) mass is 388 g/mol. The van der Waals surface area contributed by atoms with Gasteiger partial charge in [-0.25, -0.2) is 8.78 Å². The van der Waals surface area contributed by atoms with Gasteiger partial charge in [0.1, 0.15) is 11.6 Å². The van der Waals surface area contributed by atoms with Crippen LogP contribution in [-0.4, -0.2) is 47.7 Å². The molecule has 1 saturated heterocycles. The second-order valence-electron chi connectivity index (χ2n) is 5.46. The number of carbonyl (C=O) groups excluding carboxylic acids is 1. The lowest BCUT2D eigenvalue weighted by atomic mass is 9.96. The van der Waals surface area contributed by atoms with E-state index in [1.54, 1.807) is 0 Å². The Morgan fingerprint density at radius 2 is 1.88 bits per heavy atom. The number of amides is 1. The van der Waals surface area contributed by atoms with Crippen molar-refractivity contribution in [1.82, 2.24) is 4.90 Å². The average molecular weight is 389 g/mol. The van der Waals surface area contributed by atoms with Gasteiger partial charge in [-0.3, -0.25) is 14.5 Å². The first-order valence-corrected chi connectivity index (χ1v) is 6.84. The van der Waals surface area contributed by atoms with Crippen LogP contribution in [0.4, 0.5) is 27.6 Å². The minimum absolute atomic E-state index is 0. The molecule has 0 saturated carbocycles. The molecule has 0 spiro atoms. The summed E-state index contributed by atoms with van der Waals surface area (Å²) in [5.41, 5.74) is -0.443. The fraction of sp³-hybridized carbons (Fsp3) is 0.429. The van der Waals surface area contributed by atoms with Crippen molar-refractivity contribution in [2.45, 2.75) is 6.18 Å². The Balaban J connectivity index is 0.00000312. The second-order valence-corrected chi connectivity index (χ2v) is 5.46. The largest absolute Gasteiger partial charge is 0.481 e. The van der Waals surface area contributed by atoms with Crippen LogP contribution in [0, 0.1) is 23.5 Å². The zero-order valence-electron chi connectivity index (χ0n) is 12.5. The van der Waals surface area contributed by atoms with Gasteiger partial charge in [-0.15, -0.1) is 12.4 Å². The first-order valence-electron chi connectivity index (χ1n) is 6.84. The van der Waals surface area contributed by atoms with E-state index in [1.807, 2.05) is 0 Å². The van der Waals surface area contributed by atoms with Gasteiger partial charge in [-0.2, -0.15) is 13.2 Å². The third-order valence-electron chi connectivity index (χ3n) is 3.70. The van der Waals surface area contributed by atoms with Gasteiger partial charge in [-0.05, 0) is 12.1 Å². The predicted molar refractivity (Wildman–Crippen MR) is 79.3 cm³/mol. The Morgan fingerprint density at radius 1 is 1.24 bits per heavy atom. The number of carbonyl (C=O) groups is 2. The molecule has 0 aliphatic carbocycles. The highest BCUT2D eigenvalue weighted by atomic mass is 35.5. The fourth-order valence-corrected chi connectivity index (χ4v) is 2.58. The van der Waals surface area contributed by atoms with E-state index in [0.717, 1.165) is 23.1 Å². The van der Waals surface area contributed by atoms with E-state index in [0.29, 0.717) is 0 Å². The number of benzene rings is 1. The first-order chi connectivity index (χ1) is 11.1. The van der Waals surface area contributed by atoms with Gasteiger partial charge in [0.2, 0.25) is 5.91 Å². The van der Waals surface area contributed by atoms with Crippen molar-refractivity contribution >= 4 is 30.0 Å². The first kappa shape index (κ1) is 21.1. The van der Waals surface area contributed by atoms with Crippen molar-refractivity contribution < 1.29 is 36.6 Å². The second kappa shape index (κ2) is 7.96. The van der Waals surface area contributed by atoms with E-state index in [9.17, 15) is 31.5 Å². The molecule has 5 nitrogen and oxygen atoms in total. The molecule has 25 heavy (non-hydrogen) atoms. The molecule has 140 valence electrons. The maximum absolute atomic E-state index is 13.4. The standard InChI is InChI=1S/C14H13F5N2O3.ClH/c15-7-1-2-10(16)11(3-7)20-12(22)6-21-4-8(13(23)24)9(5-21)14(17,18)19;/h1-3,8-9H,4-6H2,(H,20,22)(H,23,24);1H/t8-,9-;/m1./s1. The highest BCUT2D eigenvalue weighted by Crippen LogP contribution is 2.37. The summed E-state index contributed by atoms with van der Waals surface area (Å²) in [4.78, 5) is 23.8. The van der Waals surface area contributed by atoms with E-state index in [-0.39, 0.29) is 12.4 Å². The quantitative estimate of drug-likeness (QED) is 0.778. The van der Waals surface area contributed by atoms with Crippen molar-refractivity contribution in [2.75, 3.05) is 25.0 Å². The third-order valence-corrected chi connectivity index (χ3v) is 3.70. The number of nitrogens with one attached hydrogen (secondary N) is 1. The van der Waals surface area contributed by atoms with Crippen LogP contribution in [-0.2, 0) is 9.59 Å². The zero-order chi connectivity index (χ0) is 18.1. The number of alkyl halides is 3. The van der Waals surface area contributed by atoms with Gasteiger partial charge in [0, 0.05) is 19.2 Å². The van der Waals surface area contributed by atoms with Gasteiger partial charge in [-0.1, -0.05) is 0 Å². The maximum Gasteiger partial charge on any atom is 0.393 e. The van der Waals surface area contributed by atoms with Crippen LogP contribution in [0.1, 0.15) is 0 Å². The summed E-state index contributed by atoms with van der Waals surface area (Å²) in [5, 5.41) is 10.9. The number of halogens is 6. The van der Waals surface area contributed by atoms with Crippen LogP contribution in [0.15, 0.2) is 18.2 Å². The number of rotatable bonds is 4. The molecule has 1 fully saturated rings. The van der Waals surface area contributed by atoms with Crippen molar-refractivity contribution in [2.24, 2.45) is 11.8 Å². The molecule has 2 N–H and O–H groups in total. The molecule has 1 aromatic carbocycles. The maximum atomic E-state index is 13.4. The van der Waals surface area contributed by atoms with Gasteiger partial charge in [0.25, 0.3) is 0 Å². The molecule has 0 unspecified atom stereocenters. The van der Waals surface area contributed by atoms with E-state index < -0.39 is 66.8 Å². The molecule has 1 aliphatic heterocycles. The number of aliphatic carboxylic acids is 1. The minimum Gasteiger partial charge on any atom is -0.481 e. The molecule has 0 aromatic heterocycles. The summed E-state index contributed by atoms with van der Waals surface area (Å²) in [6.45, 7) is -1.68. The summed E-state index contributed by atoms with van der Waals surface area (Å²) in [6, 6.07) is 2.37. The Kier molecular flexibility index (Phi) is 6.72. The lowest BCUT2D eigenvalue weighted by Crippen LogP contribution is -2.34. The van der Waals surface area contributed by atoms with Crippen molar-refractivity contribution in [3.05, 3.63) is 29.8 Å². The normalized spacial score (nSPS) is 20.8. The molecule has 1 amide bonds. The van der Waals surface area contributed by atoms with Crippen LogP contribution in [0.2, 0.25) is 0 Å². The van der Waals surface area contributed by atoms with Gasteiger partial charge in [0.05, 0.1) is 24.1 Å². The summed E-state index contributed by atoms with van der Waals surface area (Å²) in [7, 11) is 0. The van der Waals surface area contributed by atoms with Crippen LogP contribution in [0.5, 0.6) is 0 Å². The van der Waals surface area contributed by atoms with E-state index in [4.69, 9.17) is 5.11 Å². The van der Waals surface area contributed by atoms with Crippen LogP contribution >= 0.6 is 12.4 Å². The number of hydrogen-bond acceptors (Lipinski definition) is 3. The van der Waals surface area contributed by atoms with E-state index in [2.05, 4.69) is 5.32 Å². The smallest absolute Gasteiger partial charge is 0.393 e. The van der Waals surface area contributed by atoms with Crippen molar-refractivity contribution in [3.63, 3.8) is 0 Å². The predicted octanol–water partition coefficient (Wildman–Crippen LogP) is 2.52. The number of carboxylic acid groups (broad SMARTS) is 1. The third kappa shape index (κ3) is 5.27. The van der Waals surface area contributed by atoms with Crippen LogP contribution < -0.4 is 5.32 Å². The number of hydrogen-bond donors (Lipinski definition) is 2. The molecular formula is C14H14ClF5N2O3. The van der Waals surface area contributed by atoms with Gasteiger partial charge < -0.3 is 10.4 Å². The topological polar surface area (TPSA) is 69.6 Å². The Morgan fingerprint density at radius 3 is 2.40 bits per heavy atom. The minimum atomic E-state index is -4.71. The number of carboxylic acids is 1. The molecule has 1 aromatic rings. The lowest BCUT2D eigenvalue weighted by molar-refractivity contribution is -0.188. The number of anilines is 1. The van der Waals surface area contributed by atoms with Gasteiger partial charge >= 0.3 is 12.1 Å². The lowest BCUT2D eigenvalue weighted by Gasteiger charge is -2.18. The molecule has 1 heterocycles. The van der Waals surface area contributed by atoms with Crippen LogP contribution in [0.25, 0.3) is 0 Å². The summed E-state index contributed by atoms with van der Waals surface area (Å²) >= 11 is 0. The summed E-state index contributed by atoms with van der Waals surface area (Å²) < 4.78 is 64.9. The Bertz CT molecular complexity index is 656. The molecule has 2 rings (SSSR count). The molecular weight excluding hydrogens is 375 g/mol. The Labute approximate surface area is 145 Å². The van der Waals surface area contributed by atoms with E-state index >= 15 is 0 Å². The number of likely N-dealkylation sites (tertiary alicyclic amines) is 1. The van der Waals surface area contributed by atoms with Crippen LogP contribution in [0.3, 0.4) is 0 Å². The summed E-state index contributed by atoms with van der Waals surface area (Å²) in [5.74, 6) is -7.93. The number of nitrogens with zero attached hydrogens (tertiary/aromatic N) is 1. The average Bonchev–Trinajstić information content (AvgIpc) is 2.87. The van der Waals surface area contributed by atoms with Crippen molar-refractivity contribution in [3.8, 4) is 0 Å². The highest BCUT2D eigenvalue weighted by Gasteiger charge is 2.52. The molecule has 2 atom stereocenters. The SMILES string of the molecule is Cl.O=C(CN1C[C@@H](C(F)(F)F)[C@H](C(=O)O)C1)Nc1cc(F)ccc1F. The van der Waals surface area contributed by atoms with Gasteiger partial charge in [0.15, 0.2) is 0 Å². The Hall–Kier alpha value is -1.94. The fourth-order valence-electron chi connectivity index (χ4n) is 2.58. The summed E-state index contributed by atoms with van der Waals surface area (Å²) in [6.07, 6.45) is -4.71. The highest BCUT2D eigenvalue weighted by molar-refractivity contribution is 5.92.